The number of carbonyl (C=O) groups excluding carboxylic acids is 1. The number of rotatable bonds is 4. The molecule has 1 atom stereocenters. The maximum Gasteiger partial charge on any atom is 0.326 e. The maximum atomic E-state index is 11.6. The molecule has 17 heavy (non-hydrogen) atoms. The Morgan fingerprint density at radius 1 is 1.24 bits per heavy atom. The van der Waals surface area contributed by atoms with E-state index >= 15 is 0 Å². The number of hydrogen-bond donors (Lipinski definition) is 3. The highest BCUT2D eigenvalue weighted by Crippen LogP contribution is 2.00. The Balaban J connectivity index is 2.50. The maximum absolute atomic E-state index is 11.6. The second kappa shape index (κ2) is 6.04. The quantitative estimate of drug-likeness (QED) is 0.583. The first-order chi connectivity index (χ1) is 8.00. The summed E-state index contributed by atoms with van der Waals surface area (Å²) in [7, 11) is 0. The fourth-order valence-corrected chi connectivity index (χ4v) is 1.38. The molecule has 96 valence electrons. The molecule has 1 aliphatic heterocycles. The number of aliphatic carboxylic acids is 2. The molecule has 1 aliphatic rings. The van der Waals surface area contributed by atoms with Crippen LogP contribution in [0.15, 0.2) is 0 Å². The fourth-order valence-electron chi connectivity index (χ4n) is 1.38. The molecule has 0 spiro atoms. The van der Waals surface area contributed by atoms with E-state index in [1.807, 2.05) is 0 Å². The molecule has 8 heteroatoms. The van der Waals surface area contributed by atoms with Crippen LogP contribution in [-0.4, -0.2) is 65.4 Å². The van der Waals surface area contributed by atoms with Crippen molar-refractivity contribution in [3.63, 3.8) is 0 Å². The van der Waals surface area contributed by atoms with Crippen LogP contribution in [0, 0.1) is 0 Å². The van der Waals surface area contributed by atoms with Crippen molar-refractivity contribution in [3.8, 4) is 0 Å². The van der Waals surface area contributed by atoms with Crippen LogP contribution < -0.4 is 5.32 Å². The van der Waals surface area contributed by atoms with E-state index in [-0.39, 0.29) is 0 Å². The Morgan fingerprint density at radius 2 is 1.82 bits per heavy atom. The first kappa shape index (κ1) is 13.2. The Bertz CT molecular complexity index is 313. The highest BCUT2D eigenvalue weighted by atomic mass is 16.5. The number of morpholine rings is 1. The third-order valence-electron chi connectivity index (χ3n) is 2.27. The average molecular weight is 246 g/mol. The molecule has 2 amide bonds. The van der Waals surface area contributed by atoms with Crippen molar-refractivity contribution in [2.45, 2.75) is 12.5 Å². The SMILES string of the molecule is O=C(O)C[C@H](NC(=O)N1CCOCC1)C(=O)O. The van der Waals surface area contributed by atoms with Crippen LogP contribution in [0.2, 0.25) is 0 Å². The molecule has 0 aromatic heterocycles. The molecule has 1 saturated heterocycles. The summed E-state index contributed by atoms with van der Waals surface area (Å²) in [5.74, 6) is -2.64. The van der Waals surface area contributed by atoms with E-state index in [9.17, 15) is 14.4 Å². The van der Waals surface area contributed by atoms with Crippen molar-refractivity contribution >= 4 is 18.0 Å². The standard InChI is InChI=1S/C9H14N2O6/c12-7(13)5-6(8(14)15)10-9(16)11-1-3-17-4-2-11/h6H,1-5H2,(H,10,16)(H,12,13)(H,14,15)/t6-/m0/s1. The molecule has 0 aliphatic carbocycles. The second-order valence-electron chi connectivity index (χ2n) is 3.54. The van der Waals surface area contributed by atoms with E-state index in [0.717, 1.165) is 0 Å². The number of carboxylic acid groups (broad SMARTS) is 2. The molecule has 1 heterocycles. The van der Waals surface area contributed by atoms with Gasteiger partial charge in [-0.3, -0.25) is 4.79 Å². The Morgan fingerprint density at radius 3 is 2.29 bits per heavy atom. The van der Waals surface area contributed by atoms with Crippen molar-refractivity contribution in [2.75, 3.05) is 26.3 Å². The van der Waals surface area contributed by atoms with Gasteiger partial charge in [0.15, 0.2) is 0 Å². The molecule has 0 aromatic rings. The van der Waals surface area contributed by atoms with Gasteiger partial charge in [0.25, 0.3) is 0 Å². The predicted molar refractivity (Wildman–Crippen MR) is 54.6 cm³/mol. The lowest BCUT2D eigenvalue weighted by molar-refractivity contribution is -0.145. The molecular formula is C9H14N2O6. The lowest BCUT2D eigenvalue weighted by Crippen LogP contribution is -2.51. The van der Waals surface area contributed by atoms with Gasteiger partial charge in [-0.05, 0) is 0 Å². The summed E-state index contributed by atoms with van der Waals surface area (Å²) in [6.07, 6.45) is -0.647. The summed E-state index contributed by atoms with van der Waals surface area (Å²) in [5, 5.41) is 19.4. The number of hydrogen-bond acceptors (Lipinski definition) is 4. The highest BCUT2D eigenvalue weighted by molar-refractivity contribution is 5.86. The fraction of sp³-hybridized carbons (Fsp3) is 0.667. The van der Waals surface area contributed by atoms with Gasteiger partial charge in [0.05, 0.1) is 19.6 Å². The largest absolute Gasteiger partial charge is 0.481 e. The van der Waals surface area contributed by atoms with Gasteiger partial charge in [-0.15, -0.1) is 0 Å². The molecule has 0 aromatic carbocycles. The lowest BCUT2D eigenvalue weighted by atomic mass is 10.2. The molecule has 1 rings (SSSR count). The summed E-state index contributed by atoms with van der Waals surface area (Å²) in [6, 6.07) is -2.00. The summed E-state index contributed by atoms with van der Waals surface area (Å²) in [6.45, 7) is 1.52. The number of ether oxygens (including phenoxy) is 1. The average Bonchev–Trinajstić information content (AvgIpc) is 2.28. The zero-order valence-electron chi connectivity index (χ0n) is 9.09. The predicted octanol–water partition coefficient (Wildman–Crippen LogP) is -1.04. The Kier molecular flexibility index (Phi) is 4.70. The third-order valence-corrected chi connectivity index (χ3v) is 2.27. The molecule has 3 N–H and O–H groups in total. The number of urea groups is 1. The van der Waals surface area contributed by atoms with Crippen LogP contribution >= 0.6 is 0 Å². The van der Waals surface area contributed by atoms with Gasteiger partial charge in [-0.1, -0.05) is 0 Å². The summed E-state index contributed by atoms with van der Waals surface area (Å²) >= 11 is 0. The van der Waals surface area contributed by atoms with Gasteiger partial charge in [0.2, 0.25) is 0 Å². The number of carbonyl (C=O) groups is 3. The smallest absolute Gasteiger partial charge is 0.326 e. The zero-order chi connectivity index (χ0) is 12.8. The van der Waals surface area contributed by atoms with Crippen LogP contribution in [0.5, 0.6) is 0 Å². The van der Waals surface area contributed by atoms with Crippen molar-refractivity contribution < 1.29 is 29.3 Å². The first-order valence-electron chi connectivity index (χ1n) is 5.08. The van der Waals surface area contributed by atoms with E-state index < -0.39 is 30.4 Å². The van der Waals surface area contributed by atoms with Crippen LogP contribution in [0.25, 0.3) is 0 Å². The van der Waals surface area contributed by atoms with E-state index in [1.165, 1.54) is 4.90 Å². The van der Waals surface area contributed by atoms with E-state index in [0.29, 0.717) is 26.3 Å². The minimum atomic E-state index is -1.41. The van der Waals surface area contributed by atoms with Crippen LogP contribution in [0.4, 0.5) is 4.79 Å². The second-order valence-corrected chi connectivity index (χ2v) is 3.54. The highest BCUT2D eigenvalue weighted by Gasteiger charge is 2.26. The molecule has 0 bridgehead atoms. The summed E-state index contributed by atoms with van der Waals surface area (Å²) < 4.78 is 5.03. The van der Waals surface area contributed by atoms with Crippen LogP contribution in [-0.2, 0) is 14.3 Å². The van der Waals surface area contributed by atoms with Gasteiger partial charge < -0.3 is 25.2 Å². The molecular weight excluding hydrogens is 232 g/mol. The van der Waals surface area contributed by atoms with E-state index in [1.54, 1.807) is 0 Å². The number of amides is 2. The summed E-state index contributed by atoms with van der Waals surface area (Å²) in [5.41, 5.74) is 0. The van der Waals surface area contributed by atoms with E-state index in [4.69, 9.17) is 14.9 Å². The number of carboxylic acids is 2. The minimum Gasteiger partial charge on any atom is -0.481 e. The van der Waals surface area contributed by atoms with Gasteiger partial charge in [0, 0.05) is 13.1 Å². The molecule has 0 saturated carbocycles. The molecule has 8 nitrogen and oxygen atoms in total. The molecule has 0 unspecified atom stereocenters. The van der Waals surface area contributed by atoms with Crippen molar-refractivity contribution in [1.29, 1.82) is 0 Å². The number of nitrogens with one attached hydrogen (secondary N) is 1. The zero-order valence-corrected chi connectivity index (χ0v) is 9.09. The Hall–Kier alpha value is -1.83. The van der Waals surface area contributed by atoms with Crippen molar-refractivity contribution in [1.82, 2.24) is 10.2 Å². The molecule has 0 radical (unpaired) electrons. The van der Waals surface area contributed by atoms with Gasteiger partial charge in [-0.2, -0.15) is 0 Å². The monoisotopic (exact) mass is 246 g/mol. The summed E-state index contributed by atoms with van der Waals surface area (Å²) in [4.78, 5) is 34.1. The minimum absolute atomic E-state index is 0.366. The topological polar surface area (TPSA) is 116 Å². The normalized spacial score (nSPS) is 17.3. The van der Waals surface area contributed by atoms with E-state index in [2.05, 4.69) is 5.32 Å². The van der Waals surface area contributed by atoms with Crippen molar-refractivity contribution in [3.05, 3.63) is 0 Å². The molecule has 1 fully saturated rings. The van der Waals surface area contributed by atoms with Crippen LogP contribution in [0.1, 0.15) is 6.42 Å². The van der Waals surface area contributed by atoms with Gasteiger partial charge >= 0.3 is 18.0 Å². The lowest BCUT2D eigenvalue weighted by Gasteiger charge is -2.28. The third kappa shape index (κ3) is 4.27. The Labute approximate surface area is 97.1 Å². The van der Waals surface area contributed by atoms with Gasteiger partial charge in [0.1, 0.15) is 6.04 Å². The van der Waals surface area contributed by atoms with Crippen molar-refractivity contribution in [2.24, 2.45) is 0 Å². The van der Waals surface area contributed by atoms with Gasteiger partial charge in [-0.25, -0.2) is 9.59 Å². The van der Waals surface area contributed by atoms with Crippen LogP contribution in [0.3, 0.4) is 0 Å². The number of nitrogens with zero attached hydrogens (tertiary/aromatic N) is 1. The first-order valence-corrected chi connectivity index (χ1v) is 5.08.